The number of hydrogen-bond acceptors (Lipinski definition) is 6. The molecule has 0 saturated carbocycles. The molecule has 0 aliphatic heterocycles. The highest BCUT2D eigenvalue weighted by Gasteiger charge is 2.10. The summed E-state index contributed by atoms with van der Waals surface area (Å²) >= 11 is 12.1. The highest BCUT2D eigenvalue weighted by molar-refractivity contribution is 6.35. The van der Waals surface area contributed by atoms with E-state index in [1.54, 1.807) is 25.3 Å². The van der Waals surface area contributed by atoms with E-state index in [1.807, 2.05) is 0 Å². The maximum absolute atomic E-state index is 6.12. The van der Waals surface area contributed by atoms with Gasteiger partial charge in [-0.25, -0.2) is 0 Å². The van der Waals surface area contributed by atoms with Gasteiger partial charge in [0.2, 0.25) is 11.9 Å². The molecule has 0 fully saturated rings. The number of anilines is 2. The SMILES string of the molecule is COCCNc1nc(N)nc(-c2cc(Cl)ccc2Cl)n1. The van der Waals surface area contributed by atoms with E-state index in [4.69, 9.17) is 33.7 Å². The summed E-state index contributed by atoms with van der Waals surface area (Å²) < 4.78 is 4.94. The minimum atomic E-state index is 0.103. The number of halogens is 2. The normalized spacial score (nSPS) is 10.6. The topological polar surface area (TPSA) is 86.0 Å². The first-order chi connectivity index (χ1) is 9.60. The molecule has 0 aliphatic carbocycles. The fraction of sp³-hybridized carbons (Fsp3) is 0.250. The summed E-state index contributed by atoms with van der Waals surface area (Å²) in [6, 6.07) is 5.05. The lowest BCUT2D eigenvalue weighted by Gasteiger charge is -2.08. The molecule has 8 heteroatoms. The van der Waals surface area contributed by atoms with Crippen LogP contribution < -0.4 is 11.1 Å². The second kappa shape index (κ2) is 6.69. The molecule has 1 heterocycles. The van der Waals surface area contributed by atoms with Gasteiger partial charge in [-0.05, 0) is 18.2 Å². The minimum absolute atomic E-state index is 0.103. The van der Waals surface area contributed by atoms with E-state index in [0.29, 0.717) is 40.5 Å². The summed E-state index contributed by atoms with van der Waals surface area (Å²) in [5.74, 6) is 0.830. The third-order valence-electron chi connectivity index (χ3n) is 2.41. The van der Waals surface area contributed by atoms with Gasteiger partial charge in [0.25, 0.3) is 0 Å². The number of nitrogens with zero attached hydrogens (tertiary/aromatic N) is 3. The molecule has 0 spiro atoms. The molecule has 0 atom stereocenters. The van der Waals surface area contributed by atoms with E-state index in [2.05, 4.69) is 20.3 Å². The van der Waals surface area contributed by atoms with E-state index in [9.17, 15) is 0 Å². The van der Waals surface area contributed by atoms with Crippen LogP contribution in [-0.4, -0.2) is 35.2 Å². The average molecular weight is 314 g/mol. The molecule has 1 aromatic heterocycles. The first-order valence-electron chi connectivity index (χ1n) is 5.80. The van der Waals surface area contributed by atoms with Crippen LogP contribution in [0.5, 0.6) is 0 Å². The fourth-order valence-electron chi connectivity index (χ4n) is 1.53. The lowest BCUT2D eigenvalue weighted by molar-refractivity contribution is 0.210. The van der Waals surface area contributed by atoms with Crippen LogP contribution in [0.3, 0.4) is 0 Å². The van der Waals surface area contributed by atoms with Gasteiger partial charge in [-0.2, -0.15) is 15.0 Å². The summed E-state index contributed by atoms with van der Waals surface area (Å²) in [6.45, 7) is 1.08. The zero-order chi connectivity index (χ0) is 14.5. The van der Waals surface area contributed by atoms with Crippen LogP contribution in [0.15, 0.2) is 18.2 Å². The highest BCUT2D eigenvalue weighted by Crippen LogP contribution is 2.28. The molecule has 2 aromatic rings. The van der Waals surface area contributed by atoms with Crippen LogP contribution in [0.2, 0.25) is 10.0 Å². The third kappa shape index (κ3) is 3.69. The number of rotatable bonds is 5. The van der Waals surface area contributed by atoms with E-state index < -0.39 is 0 Å². The van der Waals surface area contributed by atoms with Crippen LogP contribution in [-0.2, 0) is 4.74 Å². The Hall–Kier alpha value is -1.63. The molecule has 0 amide bonds. The van der Waals surface area contributed by atoms with Gasteiger partial charge in [0.05, 0.1) is 11.6 Å². The van der Waals surface area contributed by atoms with Crippen molar-refractivity contribution in [2.75, 3.05) is 31.3 Å². The predicted molar refractivity (Wildman–Crippen MR) is 80.1 cm³/mol. The Labute approximate surface area is 126 Å². The third-order valence-corrected chi connectivity index (χ3v) is 2.98. The maximum atomic E-state index is 6.12. The summed E-state index contributed by atoms with van der Waals surface area (Å²) in [6.07, 6.45) is 0. The molecule has 3 N–H and O–H groups in total. The lowest BCUT2D eigenvalue weighted by atomic mass is 10.2. The molecule has 106 valence electrons. The molecule has 0 radical (unpaired) electrons. The average Bonchev–Trinajstić information content (AvgIpc) is 2.41. The summed E-state index contributed by atoms with van der Waals surface area (Å²) in [4.78, 5) is 12.3. The van der Waals surface area contributed by atoms with Crippen LogP contribution >= 0.6 is 23.2 Å². The molecule has 0 bridgehead atoms. The number of aromatic nitrogens is 3. The van der Waals surface area contributed by atoms with Gasteiger partial charge >= 0.3 is 0 Å². The smallest absolute Gasteiger partial charge is 0.228 e. The van der Waals surface area contributed by atoms with E-state index >= 15 is 0 Å². The van der Waals surface area contributed by atoms with E-state index in [1.165, 1.54) is 0 Å². The van der Waals surface area contributed by atoms with Crippen LogP contribution in [0.4, 0.5) is 11.9 Å². The van der Waals surface area contributed by atoms with Gasteiger partial charge in [-0.3, -0.25) is 0 Å². The Bertz CT molecular complexity index is 608. The van der Waals surface area contributed by atoms with Crippen molar-refractivity contribution >= 4 is 35.1 Å². The van der Waals surface area contributed by atoms with Crippen molar-refractivity contribution < 1.29 is 4.74 Å². The minimum Gasteiger partial charge on any atom is -0.383 e. The number of methoxy groups -OCH3 is 1. The molecule has 0 aliphatic rings. The molecular weight excluding hydrogens is 301 g/mol. The number of hydrogen-bond donors (Lipinski definition) is 2. The first kappa shape index (κ1) is 14.8. The molecule has 20 heavy (non-hydrogen) atoms. The number of nitrogens with one attached hydrogen (secondary N) is 1. The van der Waals surface area contributed by atoms with E-state index in [-0.39, 0.29) is 5.95 Å². The zero-order valence-corrected chi connectivity index (χ0v) is 12.2. The van der Waals surface area contributed by atoms with Crippen molar-refractivity contribution in [3.8, 4) is 11.4 Å². The Morgan fingerprint density at radius 3 is 2.80 bits per heavy atom. The number of nitrogen functional groups attached to an aromatic ring is 1. The highest BCUT2D eigenvalue weighted by atomic mass is 35.5. The van der Waals surface area contributed by atoms with Gasteiger partial charge in [-0.15, -0.1) is 0 Å². The van der Waals surface area contributed by atoms with Gasteiger partial charge in [0.15, 0.2) is 5.82 Å². The van der Waals surface area contributed by atoms with Crippen molar-refractivity contribution in [1.82, 2.24) is 15.0 Å². The van der Waals surface area contributed by atoms with Crippen molar-refractivity contribution in [1.29, 1.82) is 0 Å². The second-order valence-electron chi connectivity index (χ2n) is 3.88. The molecule has 1 aromatic carbocycles. The van der Waals surface area contributed by atoms with Crippen molar-refractivity contribution in [2.24, 2.45) is 0 Å². The quantitative estimate of drug-likeness (QED) is 0.825. The van der Waals surface area contributed by atoms with Gasteiger partial charge in [-0.1, -0.05) is 23.2 Å². The molecular formula is C12H13Cl2N5O. The number of ether oxygens (including phenoxy) is 1. The first-order valence-corrected chi connectivity index (χ1v) is 6.55. The van der Waals surface area contributed by atoms with Gasteiger partial charge in [0.1, 0.15) is 0 Å². The Balaban J connectivity index is 2.34. The molecule has 0 unspecified atom stereocenters. The summed E-state index contributed by atoms with van der Waals surface area (Å²) in [5.41, 5.74) is 6.28. The monoisotopic (exact) mass is 313 g/mol. The molecule has 6 nitrogen and oxygen atoms in total. The van der Waals surface area contributed by atoms with E-state index in [0.717, 1.165) is 0 Å². The Morgan fingerprint density at radius 1 is 1.25 bits per heavy atom. The maximum Gasteiger partial charge on any atom is 0.228 e. The number of benzene rings is 1. The summed E-state index contributed by atoms with van der Waals surface area (Å²) in [7, 11) is 1.61. The number of nitrogens with two attached hydrogens (primary N) is 1. The van der Waals surface area contributed by atoms with Crippen LogP contribution in [0.1, 0.15) is 0 Å². The standard InChI is InChI=1S/C12H13Cl2N5O/c1-20-5-4-16-12-18-10(17-11(15)19-12)8-6-7(13)2-3-9(8)14/h2-3,6H,4-5H2,1H3,(H3,15,16,17,18,19). The van der Waals surface area contributed by atoms with Crippen molar-refractivity contribution in [3.63, 3.8) is 0 Å². The zero-order valence-electron chi connectivity index (χ0n) is 10.7. The van der Waals surface area contributed by atoms with Crippen LogP contribution in [0.25, 0.3) is 11.4 Å². The fourth-order valence-corrected chi connectivity index (χ4v) is 1.90. The van der Waals surface area contributed by atoms with Crippen molar-refractivity contribution in [2.45, 2.75) is 0 Å². The van der Waals surface area contributed by atoms with Crippen LogP contribution in [0, 0.1) is 0 Å². The second-order valence-corrected chi connectivity index (χ2v) is 4.73. The van der Waals surface area contributed by atoms with Crippen molar-refractivity contribution in [3.05, 3.63) is 28.2 Å². The molecule has 2 rings (SSSR count). The largest absolute Gasteiger partial charge is 0.383 e. The van der Waals surface area contributed by atoms with Gasteiger partial charge < -0.3 is 15.8 Å². The Morgan fingerprint density at radius 2 is 2.05 bits per heavy atom. The molecule has 0 saturated heterocycles. The predicted octanol–water partition coefficient (Wildman–Crippen LogP) is 2.49. The van der Waals surface area contributed by atoms with Gasteiger partial charge in [0, 0.05) is 24.2 Å². The Kier molecular flexibility index (Phi) is 4.94. The lowest BCUT2D eigenvalue weighted by Crippen LogP contribution is -2.12. The summed E-state index contributed by atoms with van der Waals surface area (Å²) in [5, 5.41) is 4.02.